The van der Waals surface area contributed by atoms with E-state index < -0.39 is 84.6 Å². The lowest BCUT2D eigenvalue weighted by Crippen LogP contribution is -1.94. The van der Waals surface area contributed by atoms with Gasteiger partial charge in [0.25, 0.3) is 0 Å². The number of aromatic nitrogens is 2. The normalized spacial score (nSPS) is 16.8. The predicted octanol–water partition coefficient (Wildman–Crippen LogP) is 9.75. The molecule has 2 nitrogen and oxygen atoms in total. The summed E-state index contributed by atoms with van der Waals surface area (Å²) in [5.41, 5.74) is 0.932. The van der Waals surface area contributed by atoms with Crippen LogP contribution in [0.5, 0.6) is 0 Å². The first-order valence-electron chi connectivity index (χ1n) is 18.9. The van der Waals surface area contributed by atoms with Crippen molar-refractivity contribution >= 4 is 43.6 Å². The number of hydrogen-bond donors (Lipinski definition) is 1. The van der Waals surface area contributed by atoms with E-state index in [0.717, 1.165) is 11.1 Å². The monoisotopic (exact) mass is 498 g/mol. The molecule has 1 N–H and O–H groups in total. The molecule has 0 atom stereocenters. The molecule has 0 fully saturated rings. The minimum atomic E-state index is -0.621. The topological polar surface area (TPSA) is 20.7 Å². The van der Waals surface area contributed by atoms with Crippen LogP contribution in [-0.2, 0) is 0 Å². The van der Waals surface area contributed by atoms with Gasteiger partial charge in [0.15, 0.2) is 0 Å². The van der Waals surface area contributed by atoms with E-state index in [4.69, 9.17) is 13.7 Å². The van der Waals surface area contributed by atoms with Crippen LogP contribution in [0.1, 0.15) is 19.2 Å². The van der Waals surface area contributed by atoms with E-state index >= 15 is 0 Å². The Hall–Kier alpha value is -5.08. The fourth-order valence-corrected chi connectivity index (χ4v) is 4.88. The van der Waals surface area contributed by atoms with Gasteiger partial charge in [-0.05, 0) is 64.6 Å². The molecule has 8 aromatic rings. The molecule has 0 aliphatic rings. The van der Waals surface area contributed by atoms with Crippen LogP contribution in [-0.4, -0.2) is 9.55 Å². The number of rotatable bonds is 3. The summed E-state index contributed by atoms with van der Waals surface area (Å²) >= 11 is 0. The summed E-state index contributed by atoms with van der Waals surface area (Å²) in [5, 5.41) is -0.385. The highest BCUT2D eigenvalue weighted by Gasteiger charge is 2.14. The first-order valence-corrected chi connectivity index (χ1v) is 11.9. The lowest BCUT2D eigenvalue weighted by Gasteiger charge is -2.11. The van der Waals surface area contributed by atoms with Crippen molar-refractivity contribution in [2.75, 3.05) is 0 Å². The fraction of sp³-hybridized carbons (Fsp3) is 0. The lowest BCUT2D eigenvalue weighted by molar-refractivity contribution is 1.18. The third-order valence-corrected chi connectivity index (χ3v) is 6.62. The number of nitrogens with zero attached hydrogens (tertiary/aromatic N) is 1. The molecule has 2 heteroatoms. The van der Waals surface area contributed by atoms with Gasteiger partial charge in [-0.2, -0.15) is 0 Å². The van der Waals surface area contributed by atoms with Crippen LogP contribution in [0.25, 0.3) is 71.6 Å². The largest absolute Gasteiger partial charge is 0.355 e. The maximum atomic E-state index is 9.64. The molecule has 38 heavy (non-hydrogen) atoms. The van der Waals surface area contributed by atoms with E-state index in [1.54, 1.807) is 18.2 Å². The third-order valence-electron chi connectivity index (χ3n) is 6.62. The van der Waals surface area contributed by atoms with Crippen molar-refractivity contribution < 1.29 is 19.2 Å². The zero-order chi connectivity index (χ0) is 37.2. The molecule has 0 aliphatic carbocycles. The SMILES string of the molecule is [2H]c1c([2H])c([2H])c2c([nH]c3c([2H])c([2H])c(-c4c([2H])c([2H])c5c6c([2H])c([2H])c([2H])c([2H])c6n(-c6cccc(-c7ccccc7)c6)c5c4[2H])c([2H])c32)c1[2H]. The second-order valence-electron chi connectivity index (χ2n) is 8.82. The van der Waals surface area contributed by atoms with Crippen LogP contribution in [0, 0.1) is 0 Å². The second-order valence-corrected chi connectivity index (χ2v) is 8.82. The van der Waals surface area contributed by atoms with Gasteiger partial charge in [-0.1, -0.05) is 96.8 Å². The van der Waals surface area contributed by atoms with E-state index in [2.05, 4.69) is 4.98 Å². The van der Waals surface area contributed by atoms with Crippen LogP contribution >= 0.6 is 0 Å². The Kier molecular flexibility index (Phi) is 2.50. The highest BCUT2D eigenvalue weighted by molar-refractivity contribution is 6.11. The predicted molar refractivity (Wildman–Crippen MR) is 161 cm³/mol. The summed E-state index contributed by atoms with van der Waals surface area (Å²) in [6.07, 6.45) is 0. The number of nitrogens with one attached hydrogen (secondary N) is 1. The van der Waals surface area contributed by atoms with Crippen molar-refractivity contribution in [3.8, 4) is 27.9 Å². The van der Waals surface area contributed by atoms with Crippen molar-refractivity contribution in [2.24, 2.45) is 0 Å². The van der Waals surface area contributed by atoms with Gasteiger partial charge in [0.2, 0.25) is 0 Å². The highest BCUT2D eigenvalue weighted by atomic mass is 15.0. The van der Waals surface area contributed by atoms with Crippen molar-refractivity contribution in [2.45, 2.75) is 0 Å². The summed E-state index contributed by atoms with van der Waals surface area (Å²) in [7, 11) is 0. The molecule has 0 amide bonds. The zero-order valence-electron chi connectivity index (χ0n) is 33.6. The van der Waals surface area contributed by atoms with Gasteiger partial charge in [0, 0.05) is 38.3 Å². The quantitative estimate of drug-likeness (QED) is 0.250. The van der Waals surface area contributed by atoms with Gasteiger partial charge < -0.3 is 9.55 Å². The molecular formula is C36H24N2. The molecule has 2 aromatic heterocycles. The smallest absolute Gasteiger partial charge is 0.0652 e. The van der Waals surface area contributed by atoms with Gasteiger partial charge in [-0.15, -0.1) is 0 Å². The van der Waals surface area contributed by atoms with Gasteiger partial charge in [0.1, 0.15) is 0 Å². The van der Waals surface area contributed by atoms with Crippen LogP contribution in [0.15, 0.2) is 139 Å². The Morgan fingerprint density at radius 3 is 2.13 bits per heavy atom. The number of para-hydroxylation sites is 2. The van der Waals surface area contributed by atoms with E-state index in [9.17, 15) is 5.48 Å². The van der Waals surface area contributed by atoms with E-state index in [0.29, 0.717) is 5.69 Å². The van der Waals surface area contributed by atoms with Crippen LogP contribution < -0.4 is 0 Å². The molecule has 0 bridgehead atoms. The second kappa shape index (κ2) is 8.22. The molecule has 0 saturated carbocycles. The van der Waals surface area contributed by atoms with Crippen LogP contribution in [0.4, 0.5) is 0 Å². The molecule has 8 rings (SSSR count). The minimum absolute atomic E-state index is 0.0359. The highest BCUT2D eigenvalue weighted by Crippen LogP contribution is 2.37. The Morgan fingerprint density at radius 2 is 1.21 bits per heavy atom. The zero-order valence-corrected chi connectivity index (χ0v) is 19.6. The molecule has 0 unspecified atom stereocenters. The van der Waals surface area contributed by atoms with Gasteiger partial charge in [0.05, 0.1) is 30.2 Å². The first-order chi connectivity index (χ1) is 24.7. The Labute approximate surface area is 240 Å². The molecule has 6 aromatic carbocycles. The first kappa shape index (κ1) is 11.5. The van der Waals surface area contributed by atoms with Crippen molar-refractivity contribution in [3.63, 3.8) is 0 Å². The fourth-order valence-electron chi connectivity index (χ4n) is 4.88. The van der Waals surface area contributed by atoms with Crippen molar-refractivity contribution in [1.82, 2.24) is 9.55 Å². The standard InChI is InChI=1S/C36H24N2/c1-2-9-24(10-3-1)25-11-8-12-28(21-25)38-35-16-7-5-14-30(35)31-19-17-27(23-36(31)38)26-18-20-34-32(22-26)29-13-4-6-15-33(29)37-34/h1-23,37H/i4D,5D,6D,7D,13D,14D,15D,16D,17D,18D,19D,20D,22D,23D. The molecular weight excluding hydrogens is 460 g/mol. The van der Waals surface area contributed by atoms with Crippen LogP contribution in [0.3, 0.4) is 0 Å². The Morgan fingerprint density at radius 1 is 0.500 bits per heavy atom. The molecule has 0 spiro atoms. The summed E-state index contributed by atoms with van der Waals surface area (Å²) in [4.78, 5) is 2.79. The van der Waals surface area contributed by atoms with Crippen molar-refractivity contribution in [1.29, 1.82) is 0 Å². The Balaban J connectivity index is 1.58. The summed E-state index contributed by atoms with van der Waals surface area (Å²) in [6, 6.07) is 9.22. The molecule has 2 heterocycles. The summed E-state index contributed by atoms with van der Waals surface area (Å²) in [6.45, 7) is 0. The maximum absolute atomic E-state index is 9.64. The summed E-state index contributed by atoms with van der Waals surface area (Å²) < 4.78 is 125. The van der Waals surface area contributed by atoms with Crippen molar-refractivity contribution in [3.05, 3.63) is 139 Å². The number of aromatic amines is 1. The maximum Gasteiger partial charge on any atom is 0.0652 e. The summed E-state index contributed by atoms with van der Waals surface area (Å²) in [5.74, 6) is 0. The van der Waals surface area contributed by atoms with Gasteiger partial charge >= 0.3 is 0 Å². The van der Waals surface area contributed by atoms with E-state index in [1.165, 1.54) is 4.57 Å². The third kappa shape index (κ3) is 3.21. The van der Waals surface area contributed by atoms with Gasteiger partial charge in [-0.25, -0.2) is 0 Å². The Bertz CT molecular complexity index is 2890. The van der Waals surface area contributed by atoms with E-state index in [1.807, 2.05) is 36.4 Å². The van der Waals surface area contributed by atoms with E-state index in [-0.39, 0.29) is 54.7 Å². The lowest BCUT2D eigenvalue weighted by atomic mass is 10.0. The average molecular weight is 499 g/mol. The minimum Gasteiger partial charge on any atom is -0.355 e. The van der Waals surface area contributed by atoms with Gasteiger partial charge in [-0.3, -0.25) is 0 Å². The number of hydrogen-bond acceptors (Lipinski definition) is 0. The number of benzene rings is 6. The molecule has 0 aliphatic heterocycles. The number of fused-ring (bicyclic) bond motifs is 6. The average Bonchev–Trinajstić information content (AvgIpc) is 3.73. The number of H-pyrrole nitrogens is 1. The molecule has 178 valence electrons. The molecule has 0 saturated heterocycles. The molecule has 0 radical (unpaired) electrons. The van der Waals surface area contributed by atoms with Crippen LogP contribution in [0.2, 0.25) is 0 Å².